The van der Waals surface area contributed by atoms with Crippen molar-refractivity contribution in [2.45, 2.75) is 32.7 Å². The van der Waals surface area contributed by atoms with Gasteiger partial charge in [-0.3, -0.25) is 0 Å². The normalized spacial score (nSPS) is 19.5. The fourth-order valence-electron chi connectivity index (χ4n) is 2.64. The Hall–Kier alpha value is -1.26. The molecule has 118 valence electrons. The Morgan fingerprint density at radius 2 is 2.24 bits per heavy atom. The van der Waals surface area contributed by atoms with Crippen molar-refractivity contribution < 1.29 is 14.2 Å². The number of ether oxygens (including phenoxy) is 3. The van der Waals surface area contributed by atoms with Crippen molar-refractivity contribution in [3.05, 3.63) is 23.8 Å². The van der Waals surface area contributed by atoms with E-state index in [1.165, 1.54) is 5.56 Å². The van der Waals surface area contributed by atoms with Gasteiger partial charge in [-0.05, 0) is 44.0 Å². The number of methoxy groups -OCH3 is 1. The van der Waals surface area contributed by atoms with Crippen LogP contribution in [0.5, 0.6) is 11.5 Å². The van der Waals surface area contributed by atoms with Gasteiger partial charge in [-0.15, -0.1) is 0 Å². The molecule has 1 aromatic rings. The van der Waals surface area contributed by atoms with E-state index in [2.05, 4.69) is 12.2 Å². The van der Waals surface area contributed by atoms with E-state index in [0.717, 1.165) is 44.1 Å². The van der Waals surface area contributed by atoms with E-state index in [4.69, 9.17) is 14.2 Å². The van der Waals surface area contributed by atoms with E-state index in [1.54, 1.807) is 7.11 Å². The van der Waals surface area contributed by atoms with Crippen LogP contribution in [-0.2, 0) is 4.74 Å². The fraction of sp³-hybridized carbons (Fsp3) is 0.647. The first-order valence-electron chi connectivity index (χ1n) is 7.83. The van der Waals surface area contributed by atoms with Gasteiger partial charge in [-0.25, -0.2) is 0 Å². The van der Waals surface area contributed by atoms with Crippen LogP contribution in [0, 0.1) is 12.8 Å². The first-order valence-corrected chi connectivity index (χ1v) is 7.83. The topological polar surface area (TPSA) is 39.7 Å². The number of aryl methyl sites for hydroxylation is 1. The van der Waals surface area contributed by atoms with Crippen molar-refractivity contribution >= 4 is 0 Å². The van der Waals surface area contributed by atoms with Crippen molar-refractivity contribution in [1.29, 1.82) is 0 Å². The molecule has 0 aliphatic carbocycles. The summed E-state index contributed by atoms with van der Waals surface area (Å²) in [4.78, 5) is 0. The minimum Gasteiger partial charge on any atom is -0.493 e. The van der Waals surface area contributed by atoms with Gasteiger partial charge in [-0.1, -0.05) is 13.0 Å². The number of hydrogen-bond donors (Lipinski definition) is 1. The Kier molecular flexibility index (Phi) is 6.33. The zero-order valence-electron chi connectivity index (χ0n) is 13.4. The van der Waals surface area contributed by atoms with Crippen LogP contribution in [0.4, 0.5) is 0 Å². The Labute approximate surface area is 127 Å². The summed E-state index contributed by atoms with van der Waals surface area (Å²) in [7, 11) is 1.68. The second kappa shape index (κ2) is 8.25. The minimum atomic E-state index is 0.332. The first-order chi connectivity index (χ1) is 10.2. The maximum atomic E-state index is 6.01. The van der Waals surface area contributed by atoms with Crippen LogP contribution in [0.3, 0.4) is 0 Å². The van der Waals surface area contributed by atoms with Crippen LogP contribution in [0.2, 0.25) is 0 Å². The molecule has 2 rings (SSSR count). The van der Waals surface area contributed by atoms with Crippen LogP contribution >= 0.6 is 0 Å². The molecule has 1 aromatic carbocycles. The summed E-state index contributed by atoms with van der Waals surface area (Å²) in [5.41, 5.74) is 1.17. The van der Waals surface area contributed by atoms with Crippen LogP contribution < -0.4 is 14.8 Å². The molecular weight excluding hydrogens is 266 g/mol. The summed E-state index contributed by atoms with van der Waals surface area (Å²) in [6.07, 6.45) is 2.23. The molecule has 1 fully saturated rings. The maximum absolute atomic E-state index is 6.01. The molecule has 21 heavy (non-hydrogen) atoms. The van der Waals surface area contributed by atoms with Crippen LogP contribution in [0.1, 0.15) is 25.3 Å². The average molecular weight is 293 g/mol. The van der Waals surface area contributed by atoms with Gasteiger partial charge in [-0.2, -0.15) is 0 Å². The first kappa shape index (κ1) is 16.1. The number of benzene rings is 1. The lowest BCUT2D eigenvalue weighted by atomic mass is 9.99. The van der Waals surface area contributed by atoms with Gasteiger partial charge in [0.2, 0.25) is 0 Å². The van der Waals surface area contributed by atoms with Gasteiger partial charge in [0.25, 0.3) is 0 Å². The SMILES string of the molecule is CCCNC(COc1ccc(C)cc1OC)C1CCOC1. The lowest BCUT2D eigenvalue weighted by Crippen LogP contribution is -2.41. The molecule has 0 saturated carbocycles. The zero-order chi connectivity index (χ0) is 15.1. The summed E-state index contributed by atoms with van der Waals surface area (Å²) >= 11 is 0. The predicted molar refractivity (Wildman–Crippen MR) is 84.2 cm³/mol. The largest absolute Gasteiger partial charge is 0.493 e. The molecule has 1 N–H and O–H groups in total. The molecule has 0 radical (unpaired) electrons. The van der Waals surface area contributed by atoms with E-state index >= 15 is 0 Å². The van der Waals surface area contributed by atoms with Crippen molar-refractivity contribution in [3.8, 4) is 11.5 Å². The maximum Gasteiger partial charge on any atom is 0.161 e. The fourth-order valence-corrected chi connectivity index (χ4v) is 2.64. The Morgan fingerprint density at radius 3 is 2.90 bits per heavy atom. The van der Waals surface area contributed by atoms with Gasteiger partial charge in [0, 0.05) is 18.6 Å². The van der Waals surface area contributed by atoms with Gasteiger partial charge < -0.3 is 19.5 Å². The van der Waals surface area contributed by atoms with Crippen LogP contribution in [0.25, 0.3) is 0 Å². The van der Waals surface area contributed by atoms with Crippen LogP contribution in [0.15, 0.2) is 18.2 Å². The molecule has 1 aliphatic heterocycles. The quantitative estimate of drug-likeness (QED) is 0.800. The van der Waals surface area contributed by atoms with Gasteiger partial charge in [0.05, 0.1) is 13.7 Å². The molecule has 2 atom stereocenters. The molecule has 4 nitrogen and oxygen atoms in total. The van der Waals surface area contributed by atoms with E-state index in [-0.39, 0.29) is 0 Å². The van der Waals surface area contributed by atoms with Crippen molar-refractivity contribution in [2.75, 3.05) is 33.5 Å². The third-order valence-electron chi connectivity index (χ3n) is 3.93. The highest BCUT2D eigenvalue weighted by Gasteiger charge is 2.26. The molecule has 0 aromatic heterocycles. The van der Waals surface area contributed by atoms with Gasteiger partial charge in [0.15, 0.2) is 11.5 Å². The standard InChI is InChI=1S/C17H27NO3/c1-4-8-18-15(14-7-9-20-11-14)12-21-16-6-5-13(2)10-17(16)19-3/h5-6,10,14-15,18H,4,7-9,11-12H2,1-3H3. The lowest BCUT2D eigenvalue weighted by Gasteiger charge is -2.24. The van der Waals surface area contributed by atoms with Crippen LogP contribution in [-0.4, -0.2) is 39.5 Å². The predicted octanol–water partition coefficient (Wildman–Crippen LogP) is 2.79. The summed E-state index contributed by atoms with van der Waals surface area (Å²) in [5.74, 6) is 2.14. The highest BCUT2D eigenvalue weighted by atomic mass is 16.5. The Balaban J connectivity index is 1.96. The molecule has 1 aliphatic rings. The Morgan fingerprint density at radius 1 is 1.38 bits per heavy atom. The monoisotopic (exact) mass is 293 g/mol. The molecule has 4 heteroatoms. The van der Waals surface area contributed by atoms with Crippen molar-refractivity contribution in [1.82, 2.24) is 5.32 Å². The second-order valence-corrected chi connectivity index (χ2v) is 5.65. The zero-order valence-corrected chi connectivity index (χ0v) is 13.4. The molecule has 1 heterocycles. The Bertz CT molecular complexity index is 430. The molecule has 0 amide bonds. The minimum absolute atomic E-state index is 0.332. The van der Waals surface area contributed by atoms with Gasteiger partial charge in [0.1, 0.15) is 6.61 Å². The third-order valence-corrected chi connectivity index (χ3v) is 3.93. The number of hydrogen-bond acceptors (Lipinski definition) is 4. The molecular formula is C17H27NO3. The van der Waals surface area contributed by atoms with E-state index in [9.17, 15) is 0 Å². The number of nitrogens with one attached hydrogen (secondary N) is 1. The highest BCUT2D eigenvalue weighted by Crippen LogP contribution is 2.28. The van der Waals surface area contributed by atoms with Crippen molar-refractivity contribution in [3.63, 3.8) is 0 Å². The summed E-state index contributed by atoms with van der Waals surface area (Å²) in [6.45, 7) is 7.58. The molecule has 0 bridgehead atoms. The van der Waals surface area contributed by atoms with E-state index < -0.39 is 0 Å². The summed E-state index contributed by atoms with van der Waals surface area (Å²) in [5, 5.41) is 3.58. The molecule has 0 spiro atoms. The highest BCUT2D eigenvalue weighted by molar-refractivity contribution is 5.42. The molecule has 1 saturated heterocycles. The number of rotatable bonds is 8. The molecule has 2 unspecified atom stereocenters. The van der Waals surface area contributed by atoms with E-state index in [1.807, 2.05) is 25.1 Å². The summed E-state index contributed by atoms with van der Waals surface area (Å²) in [6, 6.07) is 6.36. The third kappa shape index (κ3) is 4.61. The van der Waals surface area contributed by atoms with Gasteiger partial charge >= 0.3 is 0 Å². The average Bonchev–Trinajstić information content (AvgIpc) is 3.02. The second-order valence-electron chi connectivity index (χ2n) is 5.65. The lowest BCUT2D eigenvalue weighted by molar-refractivity contribution is 0.159. The van der Waals surface area contributed by atoms with E-state index in [0.29, 0.717) is 18.6 Å². The van der Waals surface area contributed by atoms with Crippen molar-refractivity contribution in [2.24, 2.45) is 5.92 Å². The smallest absolute Gasteiger partial charge is 0.161 e. The summed E-state index contributed by atoms with van der Waals surface area (Å²) < 4.78 is 16.9.